The number of hydrogen-bond donors (Lipinski definition) is 1. The summed E-state index contributed by atoms with van der Waals surface area (Å²) in [6.07, 6.45) is 0.154. The lowest BCUT2D eigenvalue weighted by atomic mass is 10.1. The number of hydrogen-bond acceptors (Lipinski definition) is 4. The van der Waals surface area contributed by atoms with Crippen LogP contribution in [0.4, 0.5) is 0 Å². The molecule has 1 aromatic rings. The minimum Gasteiger partial charge on any atom is -0.497 e. The van der Waals surface area contributed by atoms with E-state index in [1.54, 1.807) is 34.2 Å². The number of carbonyl (C=O) groups excluding carboxylic acids is 1. The smallest absolute Gasteiger partial charge is 0.262 e. The Labute approximate surface area is 114 Å². The van der Waals surface area contributed by atoms with E-state index in [0.29, 0.717) is 24.5 Å². The number of nitrogens with zero attached hydrogens (tertiary/aromatic N) is 1. The molecule has 5 heteroatoms. The van der Waals surface area contributed by atoms with Gasteiger partial charge in [0.2, 0.25) is 0 Å². The topological polar surface area (TPSA) is 64.8 Å². The van der Waals surface area contributed by atoms with Gasteiger partial charge in [0, 0.05) is 20.2 Å². The molecule has 1 rings (SSSR count). The van der Waals surface area contributed by atoms with Crippen LogP contribution in [0.15, 0.2) is 18.2 Å². The summed E-state index contributed by atoms with van der Waals surface area (Å²) < 4.78 is 10.9. The van der Waals surface area contributed by atoms with E-state index in [-0.39, 0.29) is 5.91 Å². The fourth-order valence-electron chi connectivity index (χ4n) is 1.74. The Balaban J connectivity index is 2.93. The summed E-state index contributed by atoms with van der Waals surface area (Å²) >= 11 is 0. The van der Waals surface area contributed by atoms with Gasteiger partial charge in [-0.3, -0.25) is 4.79 Å². The highest BCUT2D eigenvalue weighted by Gasteiger charge is 2.18. The Bertz CT molecular complexity index is 433. The first-order valence-electron chi connectivity index (χ1n) is 6.24. The average Bonchev–Trinajstić information content (AvgIpc) is 2.39. The summed E-state index contributed by atoms with van der Waals surface area (Å²) in [7, 11) is 5.00. The van der Waals surface area contributed by atoms with E-state index in [2.05, 4.69) is 0 Å². The van der Waals surface area contributed by atoms with Crippen LogP contribution >= 0.6 is 0 Å². The van der Waals surface area contributed by atoms with Crippen LogP contribution in [0.5, 0.6) is 11.5 Å². The van der Waals surface area contributed by atoms with Crippen molar-refractivity contribution < 1.29 is 14.3 Å². The summed E-state index contributed by atoms with van der Waals surface area (Å²) in [5, 5.41) is 0. The third-order valence-corrected chi connectivity index (χ3v) is 2.78. The predicted octanol–water partition coefficient (Wildman–Crippen LogP) is 1.05. The van der Waals surface area contributed by atoms with Crippen molar-refractivity contribution in [2.45, 2.75) is 19.4 Å². The molecular weight excluding hydrogens is 244 g/mol. The molecule has 0 aliphatic carbocycles. The van der Waals surface area contributed by atoms with Gasteiger partial charge < -0.3 is 20.1 Å². The van der Waals surface area contributed by atoms with Gasteiger partial charge in [0.1, 0.15) is 11.5 Å². The maximum absolute atomic E-state index is 11.8. The van der Waals surface area contributed by atoms with Crippen molar-refractivity contribution in [2.24, 2.45) is 5.73 Å². The van der Waals surface area contributed by atoms with Gasteiger partial charge in [-0.1, -0.05) is 6.07 Å². The molecule has 0 fully saturated rings. The average molecular weight is 266 g/mol. The number of amides is 1. The highest BCUT2D eigenvalue weighted by Crippen LogP contribution is 2.26. The summed E-state index contributed by atoms with van der Waals surface area (Å²) in [4.78, 5) is 13.3. The first-order valence-corrected chi connectivity index (χ1v) is 6.24. The molecule has 0 aliphatic heterocycles. The second kappa shape index (κ2) is 6.99. The molecular formula is C14H22N2O3. The first kappa shape index (κ1) is 15.3. The van der Waals surface area contributed by atoms with Crippen molar-refractivity contribution >= 4 is 5.91 Å². The summed E-state index contributed by atoms with van der Waals surface area (Å²) in [5.74, 6) is 1.26. The van der Waals surface area contributed by atoms with E-state index >= 15 is 0 Å². The van der Waals surface area contributed by atoms with Gasteiger partial charge in [-0.05, 0) is 31.5 Å². The standard InChI is InChI=1S/C14H22N2O3/c1-10(14(17)16(2)3)19-13-9-12(18-4)6-5-11(13)7-8-15/h5-6,9-10H,7-8,15H2,1-4H3. The molecule has 0 spiro atoms. The lowest BCUT2D eigenvalue weighted by Crippen LogP contribution is -2.35. The van der Waals surface area contributed by atoms with Crippen LogP contribution in [-0.2, 0) is 11.2 Å². The lowest BCUT2D eigenvalue weighted by molar-refractivity contribution is -0.135. The molecule has 0 aromatic heterocycles. The molecule has 2 N–H and O–H groups in total. The van der Waals surface area contributed by atoms with Crippen LogP contribution in [0, 0.1) is 0 Å². The van der Waals surface area contributed by atoms with Gasteiger partial charge in [0.25, 0.3) is 5.91 Å². The van der Waals surface area contributed by atoms with Crippen LogP contribution in [0.25, 0.3) is 0 Å². The van der Waals surface area contributed by atoms with Crippen LogP contribution in [0.1, 0.15) is 12.5 Å². The lowest BCUT2D eigenvalue weighted by Gasteiger charge is -2.20. The maximum Gasteiger partial charge on any atom is 0.262 e. The van der Waals surface area contributed by atoms with Gasteiger partial charge in [-0.15, -0.1) is 0 Å². The van der Waals surface area contributed by atoms with E-state index in [9.17, 15) is 4.79 Å². The Morgan fingerprint density at radius 1 is 1.42 bits per heavy atom. The van der Waals surface area contributed by atoms with Gasteiger partial charge in [-0.2, -0.15) is 0 Å². The SMILES string of the molecule is COc1ccc(CCN)c(OC(C)C(=O)N(C)C)c1. The van der Waals surface area contributed by atoms with E-state index in [1.165, 1.54) is 4.90 Å². The Morgan fingerprint density at radius 3 is 2.63 bits per heavy atom. The number of likely N-dealkylation sites (N-methyl/N-ethyl adjacent to an activating group) is 1. The first-order chi connectivity index (χ1) is 8.99. The second-order valence-corrected chi connectivity index (χ2v) is 4.51. The molecule has 5 nitrogen and oxygen atoms in total. The largest absolute Gasteiger partial charge is 0.497 e. The van der Waals surface area contributed by atoms with Crippen molar-refractivity contribution in [3.63, 3.8) is 0 Å². The molecule has 106 valence electrons. The van der Waals surface area contributed by atoms with E-state index < -0.39 is 6.10 Å². The molecule has 1 amide bonds. The zero-order chi connectivity index (χ0) is 14.4. The molecule has 1 atom stereocenters. The van der Waals surface area contributed by atoms with Gasteiger partial charge in [-0.25, -0.2) is 0 Å². The molecule has 0 radical (unpaired) electrons. The number of rotatable bonds is 6. The minimum absolute atomic E-state index is 0.0819. The monoisotopic (exact) mass is 266 g/mol. The van der Waals surface area contributed by atoms with E-state index in [1.807, 2.05) is 12.1 Å². The zero-order valence-corrected chi connectivity index (χ0v) is 12.0. The minimum atomic E-state index is -0.543. The van der Waals surface area contributed by atoms with E-state index in [0.717, 1.165) is 5.56 Å². The Kier molecular flexibility index (Phi) is 5.63. The van der Waals surface area contributed by atoms with Crippen molar-refractivity contribution in [1.29, 1.82) is 0 Å². The predicted molar refractivity (Wildman–Crippen MR) is 74.5 cm³/mol. The Hall–Kier alpha value is -1.75. The van der Waals surface area contributed by atoms with Gasteiger partial charge in [0.15, 0.2) is 6.10 Å². The van der Waals surface area contributed by atoms with Crippen LogP contribution < -0.4 is 15.2 Å². The van der Waals surface area contributed by atoms with Crippen molar-refractivity contribution in [3.8, 4) is 11.5 Å². The van der Waals surface area contributed by atoms with Crippen LogP contribution in [0.3, 0.4) is 0 Å². The van der Waals surface area contributed by atoms with Crippen molar-refractivity contribution in [1.82, 2.24) is 4.90 Å². The third kappa shape index (κ3) is 4.13. The highest BCUT2D eigenvalue weighted by molar-refractivity contribution is 5.80. The second-order valence-electron chi connectivity index (χ2n) is 4.51. The fourth-order valence-corrected chi connectivity index (χ4v) is 1.74. The number of carbonyl (C=O) groups is 1. The van der Waals surface area contributed by atoms with Crippen molar-refractivity contribution in [3.05, 3.63) is 23.8 Å². The summed E-state index contributed by atoms with van der Waals surface area (Å²) in [5.41, 5.74) is 6.55. The zero-order valence-electron chi connectivity index (χ0n) is 12.0. The Morgan fingerprint density at radius 2 is 2.11 bits per heavy atom. The van der Waals surface area contributed by atoms with Crippen LogP contribution in [-0.4, -0.2) is 44.7 Å². The number of ether oxygens (including phenoxy) is 2. The third-order valence-electron chi connectivity index (χ3n) is 2.78. The molecule has 0 saturated heterocycles. The highest BCUT2D eigenvalue weighted by atomic mass is 16.5. The number of methoxy groups -OCH3 is 1. The molecule has 0 heterocycles. The van der Waals surface area contributed by atoms with E-state index in [4.69, 9.17) is 15.2 Å². The summed E-state index contributed by atoms with van der Waals surface area (Å²) in [6, 6.07) is 5.55. The van der Waals surface area contributed by atoms with Crippen LogP contribution in [0.2, 0.25) is 0 Å². The quantitative estimate of drug-likeness (QED) is 0.836. The molecule has 1 aromatic carbocycles. The molecule has 0 saturated carbocycles. The molecule has 0 bridgehead atoms. The van der Waals surface area contributed by atoms with Gasteiger partial charge in [0.05, 0.1) is 7.11 Å². The summed E-state index contributed by atoms with van der Waals surface area (Å²) in [6.45, 7) is 2.26. The molecule has 0 aliphatic rings. The number of nitrogens with two attached hydrogens (primary N) is 1. The fraction of sp³-hybridized carbons (Fsp3) is 0.500. The van der Waals surface area contributed by atoms with Crippen molar-refractivity contribution in [2.75, 3.05) is 27.7 Å². The van der Waals surface area contributed by atoms with Gasteiger partial charge >= 0.3 is 0 Å². The maximum atomic E-state index is 11.8. The number of benzene rings is 1. The molecule has 1 unspecified atom stereocenters. The normalized spacial score (nSPS) is 11.8. The molecule has 19 heavy (non-hydrogen) atoms.